The highest BCUT2D eigenvalue weighted by atomic mass is 32.1. The van der Waals surface area contributed by atoms with Crippen LogP contribution in [0.4, 0.5) is 11.4 Å². The van der Waals surface area contributed by atoms with Gasteiger partial charge in [-0.25, -0.2) is 9.78 Å². The van der Waals surface area contributed by atoms with Gasteiger partial charge in [0.2, 0.25) is 0 Å². The molecule has 0 radical (unpaired) electrons. The number of benzene rings is 1. The first-order valence-electron chi connectivity index (χ1n) is 10.0. The Morgan fingerprint density at radius 1 is 1.23 bits per heavy atom. The average molecular weight is 443 g/mol. The summed E-state index contributed by atoms with van der Waals surface area (Å²) in [5.74, 6) is -0.624. The number of rotatable bonds is 7. The van der Waals surface area contributed by atoms with Crippen LogP contribution in [0.1, 0.15) is 41.8 Å². The monoisotopic (exact) mass is 442 g/mol. The molecule has 164 valence electrons. The zero-order chi connectivity index (χ0) is 22.7. The van der Waals surface area contributed by atoms with Gasteiger partial charge in [-0.1, -0.05) is 0 Å². The zero-order valence-corrected chi connectivity index (χ0v) is 19.1. The van der Waals surface area contributed by atoms with Gasteiger partial charge in [0.05, 0.1) is 5.39 Å². The van der Waals surface area contributed by atoms with E-state index in [0.29, 0.717) is 33.3 Å². The molecule has 0 aliphatic heterocycles. The second-order valence-electron chi connectivity index (χ2n) is 7.44. The van der Waals surface area contributed by atoms with Gasteiger partial charge in [-0.3, -0.25) is 9.59 Å². The Kier molecular flexibility index (Phi) is 6.74. The first kappa shape index (κ1) is 22.5. The van der Waals surface area contributed by atoms with Crippen molar-refractivity contribution < 1.29 is 14.3 Å². The molecule has 0 aliphatic rings. The van der Waals surface area contributed by atoms with Gasteiger partial charge in [-0.05, 0) is 64.4 Å². The smallest absolute Gasteiger partial charge is 0.349 e. The maximum Gasteiger partial charge on any atom is 0.349 e. The third kappa shape index (κ3) is 4.93. The standard InChI is InChI=1S/C22H26N4O4S/c1-6-26(12(2)3)16-9-7-15(8-10-16)25-17(27)11-30-22(29)19-13(4)18-20(28)23-14(5)24-21(18)31-19/h7-10,12H,6,11H2,1-5H3,(H,25,27)(H,23,24,28). The van der Waals surface area contributed by atoms with Crippen LogP contribution in [0.15, 0.2) is 29.1 Å². The van der Waals surface area contributed by atoms with Gasteiger partial charge in [0.15, 0.2) is 6.61 Å². The van der Waals surface area contributed by atoms with Gasteiger partial charge in [0.1, 0.15) is 15.5 Å². The quantitative estimate of drug-likeness (QED) is 0.542. The average Bonchev–Trinajstić information content (AvgIpc) is 3.04. The minimum atomic E-state index is -0.654. The van der Waals surface area contributed by atoms with E-state index in [1.807, 2.05) is 24.3 Å². The number of fused-ring (bicyclic) bond motifs is 1. The zero-order valence-electron chi connectivity index (χ0n) is 18.2. The normalized spacial score (nSPS) is 11.0. The summed E-state index contributed by atoms with van der Waals surface area (Å²) in [5, 5.41) is 3.09. The number of thiophene rings is 1. The van der Waals surface area contributed by atoms with E-state index in [-0.39, 0.29) is 10.4 Å². The molecule has 0 aliphatic carbocycles. The van der Waals surface area contributed by atoms with Gasteiger partial charge in [-0.15, -0.1) is 11.3 Å². The number of aryl methyl sites for hydroxylation is 2. The van der Waals surface area contributed by atoms with Crippen molar-refractivity contribution in [2.24, 2.45) is 0 Å². The molecule has 2 aromatic heterocycles. The van der Waals surface area contributed by atoms with E-state index in [2.05, 4.69) is 41.0 Å². The molecule has 0 unspecified atom stereocenters. The SMILES string of the molecule is CCN(c1ccc(NC(=O)COC(=O)c2sc3nc(C)[nH]c(=O)c3c2C)cc1)C(C)C. The molecule has 0 fully saturated rings. The Morgan fingerprint density at radius 2 is 1.90 bits per heavy atom. The molecule has 0 saturated heterocycles. The highest BCUT2D eigenvalue weighted by Gasteiger charge is 2.21. The van der Waals surface area contributed by atoms with Gasteiger partial charge < -0.3 is 19.9 Å². The lowest BCUT2D eigenvalue weighted by molar-refractivity contribution is -0.119. The first-order chi connectivity index (χ1) is 14.7. The molecular formula is C22H26N4O4S. The summed E-state index contributed by atoms with van der Waals surface area (Å²) in [5.41, 5.74) is 1.89. The molecule has 1 aromatic carbocycles. The fraction of sp³-hybridized carbons (Fsp3) is 0.364. The van der Waals surface area contributed by atoms with Crippen LogP contribution in [0.25, 0.3) is 10.2 Å². The van der Waals surface area contributed by atoms with Crippen molar-refractivity contribution >= 4 is 44.8 Å². The summed E-state index contributed by atoms with van der Waals surface area (Å²) in [6.07, 6.45) is 0. The molecule has 2 N–H and O–H groups in total. The molecular weight excluding hydrogens is 416 g/mol. The predicted molar refractivity (Wildman–Crippen MR) is 123 cm³/mol. The van der Waals surface area contributed by atoms with Crippen molar-refractivity contribution in [1.82, 2.24) is 9.97 Å². The number of carbonyl (C=O) groups excluding carboxylic acids is 2. The van der Waals surface area contributed by atoms with E-state index in [0.717, 1.165) is 23.6 Å². The van der Waals surface area contributed by atoms with Crippen LogP contribution in [0.3, 0.4) is 0 Å². The number of H-pyrrole nitrogens is 1. The molecule has 3 rings (SSSR count). The second kappa shape index (κ2) is 9.30. The Bertz CT molecular complexity index is 1160. The third-order valence-electron chi connectivity index (χ3n) is 4.89. The van der Waals surface area contributed by atoms with Crippen LogP contribution >= 0.6 is 11.3 Å². The lowest BCUT2D eigenvalue weighted by Crippen LogP contribution is -2.30. The summed E-state index contributed by atoms with van der Waals surface area (Å²) < 4.78 is 5.16. The molecule has 0 spiro atoms. The van der Waals surface area contributed by atoms with Crippen LogP contribution in [-0.4, -0.2) is 41.0 Å². The summed E-state index contributed by atoms with van der Waals surface area (Å²) in [6, 6.07) is 7.89. The number of esters is 1. The Labute approximate surface area is 184 Å². The van der Waals surface area contributed by atoms with E-state index in [9.17, 15) is 14.4 Å². The van der Waals surface area contributed by atoms with Crippen LogP contribution in [0.5, 0.6) is 0 Å². The number of amides is 1. The second-order valence-corrected chi connectivity index (χ2v) is 8.44. The summed E-state index contributed by atoms with van der Waals surface area (Å²) in [6.45, 7) is 10.1. The fourth-order valence-corrected chi connectivity index (χ4v) is 4.54. The summed E-state index contributed by atoms with van der Waals surface area (Å²) in [4.78, 5) is 46.7. The largest absolute Gasteiger partial charge is 0.451 e. The number of nitrogens with one attached hydrogen (secondary N) is 2. The van der Waals surface area contributed by atoms with Gasteiger partial charge in [-0.2, -0.15) is 0 Å². The van der Waals surface area contributed by atoms with Crippen molar-refractivity contribution in [2.45, 2.75) is 40.7 Å². The number of aromatic amines is 1. The van der Waals surface area contributed by atoms with Crippen molar-refractivity contribution in [3.63, 3.8) is 0 Å². The van der Waals surface area contributed by atoms with Crippen LogP contribution in [0, 0.1) is 13.8 Å². The van der Waals surface area contributed by atoms with Crippen molar-refractivity contribution in [3.05, 3.63) is 50.9 Å². The molecule has 8 nitrogen and oxygen atoms in total. The van der Waals surface area contributed by atoms with E-state index in [1.165, 1.54) is 0 Å². The van der Waals surface area contributed by atoms with Gasteiger partial charge in [0.25, 0.3) is 11.5 Å². The lowest BCUT2D eigenvalue weighted by atomic mass is 10.2. The minimum Gasteiger partial charge on any atom is -0.451 e. The third-order valence-corrected chi connectivity index (χ3v) is 6.05. The van der Waals surface area contributed by atoms with E-state index in [1.54, 1.807) is 13.8 Å². The fourth-order valence-electron chi connectivity index (χ4n) is 3.42. The Morgan fingerprint density at radius 3 is 2.52 bits per heavy atom. The van der Waals surface area contributed by atoms with Gasteiger partial charge >= 0.3 is 5.97 Å². The van der Waals surface area contributed by atoms with Crippen LogP contribution in [0.2, 0.25) is 0 Å². The number of aromatic nitrogens is 2. The van der Waals surface area contributed by atoms with Crippen molar-refractivity contribution in [1.29, 1.82) is 0 Å². The number of nitrogens with zero attached hydrogens (tertiary/aromatic N) is 2. The number of hydrogen-bond donors (Lipinski definition) is 2. The Balaban J connectivity index is 1.63. The van der Waals surface area contributed by atoms with Crippen molar-refractivity contribution in [2.75, 3.05) is 23.4 Å². The van der Waals surface area contributed by atoms with Gasteiger partial charge in [0, 0.05) is 24.0 Å². The molecule has 31 heavy (non-hydrogen) atoms. The highest BCUT2D eigenvalue weighted by Crippen LogP contribution is 2.27. The van der Waals surface area contributed by atoms with E-state index >= 15 is 0 Å². The Hall–Kier alpha value is -3.20. The molecule has 1 amide bonds. The minimum absolute atomic E-state index is 0.268. The molecule has 9 heteroatoms. The number of hydrogen-bond acceptors (Lipinski definition) is 7. The van der Waals surface area contributed by atoms with Crippen LogP contribution in [-0.2, 0) is 9.53 Å². The summed E-state index contributed by atoms with van der Waals surface area (Å²) >= 11 is 1.08. The van der Waals surface area contributed by atoms with E-state index < -0.39 is 18.5 Å². The van der Waals surface area contributed by atoms with Crippen molar-refractivity contribution in [3.8, 4) is 0 Å². The maximum atomic E-state index is 12.5. The first-order valence-corrected chi connectivity index (χ1v) is 10.9. The number of carbonyl (C=O) groups is 2. The van der Waals surface area contributed by atoms with E-state index in [4.69, 9.17) is 4.74 Å². The summed E-state index contributed by atoms with van der Waals surface area (Å²) in [7, 11) is 0. The molecule has 2 heterocycles. The van der Waals surface area contributed by atoms with Crippen LogP contribution < -0.4 is 15.8 Å². The molecule has 0 bridgehead atoms. The topological polar surface area (TPSA) is 104 Å². The molecule has 3 aromatic rings. The highest BCUT2D eigenvalue weighted by molar-refractivity contribution is 7.20. The molecule has 0 saturated carbocycles. The number of anilines is 2. The molecule has 0 atom stereocenters. The predicted octanol–water partition coefficient (Wildman–Crippen LogP) is 3.63. The number of ether oxygens (including phenoxy) is 1. The maximum absolute atomic E-state index is 12.5. The lowest BCUT2D eigenvalue weighted by Gasteiger charge is -2.27.